The number of aliphatic hydroxyl groups is 1. The van der Waals surface area contributed by atoms with Gasteiger partial charge < -0.3 is 15.7 Å². The Kier molecular flexibility index (Phi) is 4.29. The molecule has 1 fully saturated rings. The predicted molar refractivity (Wildman–Crippen MR) is 79.9 cm³/mol. The Morgan fingerprint density at radius 2 is 2.25 bits per heavy atom. The Morgan fingerprint density at radius 3 is 3.05 bits per heavy atom. The minimum Gasteiger partial charge on any atom is -0.391 e. The largest absolute Gasteiger partial charge is 0.391 e. The molecule has 1 amide bonds. The normalized spacial score (nSPS) is 28.9. The molecule has 3 atom stereocenters. The van der Waals surface area contributed by atoms with E-state index in [1.54, 1.807) is 0 Å². The van der Waals surface area contributed by atoms with Crippen LogP contribution in [-0.4, -0.2) is 42.5 Å². The van der Waals surface area contributed by atoms with E-state index in [0.717, 1.165) is 24.3 Å². The summed E-state index contributed by atoms with van der Waals surface area (Å²) >= 11 is 1.82. The molecule has 2 aliphatic heterocycles. The summed E-state index contributed by atoms with van der Waals surface area (Å²) in [4.78, 5) is 13.6. The molecule has 3 rings (SSSR count). The molecule has 3 unspecified atom stereocenters. The zero-order valence-electron chi connectivity index (χ0n) is 11.3. The van der Waals surface area contributed by atoms with Crippen molar-refractivity contribution in [3.63, 3.8) is 0 Å². The molecule has 0 radical (unpaired) electrons. The van der Waals surface area contributed by atoms with Gasteiger partial charge in [0, 0.05) is 30.4 Å². The maximum atomic E-state index is 12.4. The first kappa shape index (κ1) is 13.9. The molecule has 0 saturated carbocycles. The van der Waals surface area contributed by atoms with Crippen LogP contribution in [0.2, 0.25) is 0 Å². The van der Waals surface area contributed by atoms with Crippen molar-refractivity contribution in [2.45, 2.75) is 23.3 Å². The van der Waals surface area contributed by atoms with Crippen LogP contribution in [0.5, 0.6) is 0 Å². The van der Waals surface area contributed by atoms with E-state index in [2.05, 4.69) is 22.8 Å². The summed E-state index contributed by atoms with van der Waals surface area (Å²) in [6.07, 6.45) is 0.545. The fourth-order valence-corrected chi connectivity index (χ4v) is 4.02. The van der Waals surface area contributed by atoms with E-state index in [0.29, 0.717) is 13.1 Å². The molecular formula is C15H20N2O2S. The highest BCUT2D eigenvalue weighted by atomic mass is 32.2. The molecule has 2 heterocycles. The average Bonchev–Trinajstić information content (AvgIpc) is 2.89. The van der Waals surface area contributed by atoms with E-state index in [1.165, 1.54) is 4.90 Å². The number of fused-ring (bicyclic) bond motifs is 1. The van der Waals surface area contributed by atoms with E-state index in [4.69, 9.17) is 0 Å². The minimum absolute atomic E-state index is 0.0426. The van der Waals surface area contributed by atoms with Crippen LogP contribution in [0.25, 0.3) is 0 Å². The van der Waals surface area contributed by atoms with Crippen LogP contribution in [0.3, 0.4) is 0 Å². The molecular weight excluding hydrogens is 272 g/mol. The summed E-state index contributed by atoms with van der Waals surface area (Å²) in [6, 6.07) is 8.16. The number of β-amino-alcohol motifs (C(OH)–C–C–N with tert-alkyl or cyclic N) is 1. The van der Waals surface area contributed by atoms with E-state index >= 15 is 0 Å². The van der Waals surface area contributed by atoms with Gasteiger partial charge >= 0.3 is 0 Å². The van der Waals surface area contributed by atoms with Crippen molar-refractivity contribution < 1.29 is 9.90 Å². The summed E-state index contributed by atoms with van der Waals surface area (Å²) in [5.41, 5.74) is 1.14. The first-order valence-corrected chi connectivity index (χ1v) is 8.12. The van der Waals surface area contributed by atoms with Gasteiger partial charge in [0.25, 0.3) is 0 Å². The zero-order chi connectivity index (χ0) is 13.9. The van der Waals surface area contributed by atoms with Gasteiger partial charge in [-0.05, 0) is 23.8 Å². The van der Waals surface area contributed by atoms with Gasteiger partial charge in [0.2, 0.25) is 5.91 Å². The zero-order valence-corrected chi connectivity index (χ0v) is 12.2. The molecule has 0 spiro atoms. The molecule has 0 bridgehead atoms. The number of thioether (sulfide) groups is 1. The lowest BCUT2D eigenvalue weighted by Gasteiger charge is -2.25. The summed E-state index contributed by atoms with van der Waals surface area (Å²) in [7, 11) is 0. The second-order valence-corrected chi connectivity index (χ2v) is 6.60. The average molecular weight is 292 g/mol. The summed E-state index contributed by atoms with van der Waals surface area (Å²) in [5, 5.41) is 15.9. The van der Waals surface area contributed by atoms with Crippen LogP contribution in [0.4, 0.5) is 0 Å². The Labute approximate surface area is 123 Å². The molecule has 1 saturated heterocycles. The van der Waals surface area contributed by atoms with Gasteiger partial charge in [-0.3, -0.25) is 4.79 Å². The van der Waals surface area contributed by atoms with E-state index in [-0.39, 0.29) is 23.8 Å². The second kappa shape index (κ2) is 6.16. The van der Waals surface area contributed by atoms with Crippen molar-refractivity contribution >= 4 is 17.7 Å². The highest BCUT2D eigenvalue weighted by molar-refractivity contribution is 7.99. The fraction of sp³-hybridized carbons (Fsp3) is 0.533. The third-order valence-electron chi connectivity index (χ3n) is 4.12. The Bertz CT molecular complexity index is 495. The summed E-state index contributed by atoms with van der Waals surface area (Å²) < 4.78 is 0. The van der Waals surface area contributed by atoms with Crippen molar-refractivity contribution in [2.75, 3.05) is 25.4 Å². The maximum Gasteiger partial charge on any atom is 0.227 e. The molecule has 20 heavy (non-hydrogen) atoms. The number of carbonyl (C=O) groups is 1. The number of carbonyl (C=O) groups excluding carboxylic acids is 1. The molecule has 1 aromatic carbocycles. The number of rotatable bonds is 3. The first-order valence-electron chi connectivity index (χ1n) is 7.14. The van der Waals surface area contributed by atoms with Crippen LogP contribution in [-0.2, 0) is 4.79 Å². The molecule has 2 aliphatic rings. The van der Waals surface area contributed by atoms with Crippen LogP contribution in [0, 0.1) is 5.92 Å². The monoisotopic (exact) mass is 292 g/mol. The van der Waals surface area contributed by atoms with E-state index in [1.807, 2.05) is 23.9 Å². The van der Waals surface area contributed by atoms with Crippen molar-refractivity contribution in [1.29, 1.82) is 0 Å². The van der Waals surface area contributed by atoms with Gasteiger partial charge in [-0.2, -0.15) is 0 Å². The van der Waals surface area contributed by atoms with Crippen molar-refractivity contribution in [3.05, 3.63) is 29.8 Å². The van der Waals surface area contributed by atoms with Crippen LogP contribution < -0.4 is 10.6 Å². The van der Waals surface area contributed by atoms with Crippen molar-refractivity contribution in [3.8, 4) is 0 Å². The van der Waals surface area contributed by atoms with Crippen LogP contribution in [0.1, 0.15) is 17.9 Å². The van der Waals surface area contributed by atoms with Gasteiger partial charge in [-0.15, -0.1) is 11.8 Å². The summed E-state index contributed by atoms with van der Waals surface area (Å²) in [6.45, 7) is 1.96. The number of hydrogen-bond donors (Lipinski definition) is 3. The Morgan fingerprint density at radius 1 is 1.40 bits per heavy atom. The topological polar surface area (TPSA) is 61.4 Å². The van der Waals surface area contributed by atoms with Crippen LogP contribution >= 0.6 is 11.8 Å². The van der Waals surface area contributed by atoms with Crippen LogP contribution in [0.15, 0.2) is 29.2 Å². The van der Waals surface area contributed by atoms with Gasteiger partial charge in [0.1, 0.15) is 0 Å². The van der Waals surface area contributed by atoms with E-state index < -0.39 is 0 Å². The number of aliphatic hydroxyl groups excluding tert-OH is 1. The molecule has 0 aromatic heterocycles. The number of hydrogen-bond acceptors (Lipinski definition) is 4. The Balaban J connectivity index is 1.63. The molecule has 0 aliphatic carbocycles. The van der Waals surface area contributed by atoms with Gasteiger partial charge in [0.05, 0.1) is 12.0 Å². The standard InChI is InChI=1S/C15H20N2O2S/c18-13-9-16-7-10(13)8-17-15(19)12-5-6-20-14-4-2-1-3-11(12)14/h1-4,10,12-13,16,18H,5-9H2,(H,17,19). The van der Waals surface area contributed by atoms with Crippen molar-refractivity contribution in [1.82, 2.24) is 10.6 Å². The third-order valence-corrected chi connectivity index (χ3v) is 5.24. The van der Waals surface area contributed by atoms with E-state index in [9.17, 15) is 9.90 Å². The molecule has 3 N–H and O–H groups in total. The quantitative estimate of drug-likeness (QED) is 0.777. The number of nitrogens with one attached hydrogen (secondary N) is 2. The molecule has 1 aromatic rings. The minimum atomic E-state index is -0.343. The predicted octanol–water partition coefficient (Wildman–Crippen LogP) is 0.962. The second-order valence-electron chi connectivity index (χ2n) is 5.46. The molecule has 108 valence electrons. The maximum absolute atomic E-state index is 12.4. The SMILES string of the molecule is O=C(NCC1CNCC1O)C1CCSc2ccccc21. The third kappa shape index (κ3) is 2.85. The molecule has 5 heteroatoms. The first-order chi connectivity index (χ1) is 9.75. The lowest BCUT2D eigenvalue weighted by molar-refractivity contribution is -0.123. The van der Waals surface area contributed by atoms with Gasteiger partial charge in [-0.1, -0.05) is 18.2 Å². The fourth-order valence-electron chi connectivity index (χ4n) is 2.90. The number of amides is 1. The smallest absolute Gasteiger partial charge is 0.227 e. The lowest BCUT2D eigenvalue weighted by Crippen LogP contribution is -2.37. The molecule has 4 nitrogen and oxygen atoms in total. The highest BCUT2D eigenvalue weighted by Crippen LogP contribution is 2.37. The lowest BCUT2D eigenvalue weighted by atomic mass is 9.94. The van der Waals surface area contributed by atoms with Gasteiger partial charge in [0.15, 0.2) is 0 Å². The Hall–Kier alpha value is -1.04. The number of benzene rings is 1. The summed E-state index contributed by atoms with van der Waals surface area (Å²) in [5.74, 6) is 1.17. The van der Waals surface area contributed by atoms with Crippen molar-refractivity contribution in [2.24, 2.45) is 5.92 Å². The van der Waals surface area contributed by atoms with Gasteiger partial charge in [-0.25, -0.2) is 0 Å². The highest BCUT2D eigenvalue weighted by Gasteiger charge is 2.29.